The van der Waals surface area contributed by atoms with E-state index < -0.39 is 0 Å². The van der Waals surface area contributed by atoms with E-state index in [1.807, 2.05) is 12.1 Å². The Morgan fingerprint density at radius 1 is 1.15 bits per heavy atom. The third-order valence-corrected chi connectivity index (χ3v) is 6.52. The Morgan fingerprint density at radius 3 is 2.62 bits per heavy atom. The first-order chi connectivity index (χ1) is 16.6. The molecule has 10 nitrogen and oxygen atoms in total. The fourth-order valence-corrected chi connectivity index (χ4v) is 4.53. The summed E-state index contributed by atoms with van der Waals surface area (Å²) in [5.41, 5.74) is 1.88. The second kappa shape index (κ2) is 11.7. The monoisotopic (exact) mass is 463 g/mol. The molecule has 4 rings (SSSR count). The minimum absolute atomic E-state index is 0.00556. The van der Waals surface area contributed by atoms with Crippen molar-refractivity contribution in [3.63, 3.8) is 0 Å². The highest BCUT2D eigenvalue weighted by Crippen LogP contribution is 2.31. The molecule has 3 N–H and O–H groups in total. The van der Waals surface area contributed by atoms with Crippen molar-refractivity contribution in [1.82, 2.24) is 25.2 Å². The number of nitriles is 1. The Labute approximate surface area is 200 Å². The first-order valence-electron chi connectivity index (χ1n) is 12.1. The summed E-state index contributed by atoms with van der Waals surface area (Å²) >= 11 is 0. The molecule has 2 aromatic heterocycles. The standard InChI is InChI=1S/C24H33N9O/c1-32(19-5-8-26-9-6-19)21-13-22(31-23-17-27-18(14-25)15-28-23)29-16-20(21)30-24(34)7-12-33-10-3-2-4-11-33/h13,15-17,19,26H,2-12H2,1H3,(H,30,34)(H,28,29,31). The van der Waals surface area contributed by atoms with Crippen LogP contribution in [0.5, 0.6) is 0 Å². The third kappa shape index (κ3) is 6.40. The van der Waals surface area contributed by atoms with Crippen LogP contribution < -0.4 is 20.9 Å². The Balaban J connectivity index is 1.49. The molecule has 180 valence electrons. The summed E-state index contributed by atoms with van der Waals surface area (Å²) in [6.45, 7) is 4.90. The normalized spacial score (nSPS) is 17.1. The number of carbonyl (C=O) groups is 1. The molecule has 0 spiro atoms. The van der Waals surface area contributed by atoms with Crippen molar-refractivity contribution < 1.29 is 4.79 Å². The number of aromatic nitrogens is 3. The maximum absolute atomic E-state index is 12.8. The Bertz CT molecular complexity index is 992. The number of rotatable bonds is 8. The predicted molar refractivity (Wildman–Crippen MR) is 132 cm³/mol. The molecule has 2 aliphatic heterocycles. The number of likely N-dealkylation sites (tertiary alicyclic amines) is 1. The summed E-state index contributed by atoms with van der Waals surface area (Å²) in [7, 11) is 2.07. The fraction of sp³-hybridized carbons (Fsp3) is 0.542. The largest absolute Gasteiger partial charge is 0.370 e. The lowest BCUT2D eigenvalue weighted by Crippen LogP contribution is -2.41. The molecule has 2 aromatic rings. The first kappa shape index (κ1) is 23.9. The van der Waals surface area contributed by atoms with Crippen molar-refractivity contribution >= 4 is 28.9 Å². The van der Waals surface area contributed by atoms with Gasteiger partial charge in [-0.05, 0) is 51.9 Å². The van der Waals surface area contributed by atoms with Gasteiger partial charge in [-0.2, -0.15) is 5.26 Å². The van der Waals surface area contributed by atoms with Crippen LogP contribution in [0.4, 0.5) is 23.0 Å². The molecule has 0 bridgehead atoms. The van der Waals surface area contributed by atoms with Gasteiger partial charge in [0.2, 0.25) is 5.91 Å². The topological polar surface area (TPSA) is 122 Å². The smallest absolute Gasteiger partial charge is 0.225 e. The molecule has 0 atom stereocenters. The summed E-state index contributed by atoms with van der Waals surface area (Å²) in [5, 5.41) is 18.6. The molecule has 34 heavy (non-hydrogen) atoms. The van der Waals surface area contributed by atoms with Crippen LogP contribution in [0.15, 0.2) is 24.7 Å². The quantitative estimate of drug-likeness (QED) is 0.542. The summed E-state index contributed by atoms with van der Waals surface area (Å²) < 4.78 is 0. The molecule has 4 heterocycles. The van der Waals surface area contributed by atoms with Crippen LogP contribution in [-0.2, 0) is 4.79 Å². The lowest BCUT2D eigenvalue weighted by Gasteiger charge is -2.34. The van der Waals surface area contributed by atoms with E-state index in [4.69, 9.17) is 5.26 Å². The zero-order valence-electron chi connectivity index (χ0n) is 19.8. The first-order valence-corrected chi connectivity index (χ1v) is 12.1. The lowest BCUT2D eigenvalue weighted by atomic mass is 10.0. The molecule has 0 radical (unpaired) electrons. The Morgan fingerprint density at radius 2 is 1.91 bits per heavy atom. The van der Waals surface area contributed by atoms with Crippen LogP contribution in [-0.4, -0.2) is 71.6 Å². The Hall–Kier alpha value is -3.29. The molecule has 0 aliphatic carbocycles. The number of anilines is 4. The van der Waals surface area contributed by atoms with Crippen molar-refractivity contribution in [2.45, 2.75) is 44.6 Å². The van der Waals surface area contributed by atoms with E-state index >= 15 is 0 Å². The maximum atomic E-state index is 12.8. The molecule has 0 aromatic carbocycles. The molecule has 1 amide bonds. The minimum atomic E-state index is 0.00556. The zero-order chi connectivity index (χ0) is 23.8. The third-order valence-electron chi connectivity index (χ3n) is 6.52. The number of hydrogen-bond acceptors (Lipinski definition) is 9. The van der Waals surface area contributed by atoms with Gasteiger partial charge in [-0.25, -0.2) is 15.0 Å². The van der Waals surface area contributed by atoms with Gasteiger partial charge in [-0.15, -0.1) is 0 Å². The van der Waals surface area contributed by atoms with Gasteiger partial charge in [0.05, 0.1) is 30.0 Å². The minimum Gasteiger partial charge on any atom is -0.370 e. The highest BCUT2D eigenvalue weighted by molar-refractivity contribution is 5.94. The second-order valence-corrected chi connectivity index (χ2v) is 8.90. The van der Waals surface area contributed by atoms with Gasteiger partial charge in [-0.1, -0.05) is 6.42 Å². The van der Waals surface area contributed by atoms with Crippen LogP contribution in [0, 0.1) is 11.3 Å². The van der Waals surface area contributed by atoms with Gasteiger partial charge in [0, 0.05) is 32.1 Å². The Kier molecular flexibility index (Phi) is 8.22. The average molecular weight is 464 g/mol. The summed E-state index contributed by atoms with van der Waals surface area (Å²) in [5.74, 6) is 1.10. The van der Waals surface area contributed by atoms with Gasteiger partial charge in [-0.3, -0.25) is 4.79 Å². The number of nitrogens with zero attached hydrogens (tertiary/aromatic N) is 6. The highest BCUT2D eigenvalue weighted by Gasteiger charge is 2.22. The average Bonchev–Trinajstić information content (AvgIpc) is 2.89. The van der Waals surface area contributed by atoms with Gasteiger partial charge in [0.25, 0.3) is 0 Å². The molecule has 2 aliphatic rings. The molecule has 2 fully saturated rings. The second-order valence-electron chi connectivity index (χ2n) is 8.90. The van der Waals surface area contributed by atoms with Crippen LogP contribution in [0.2, 0.25) is 0 Å². The van der Waals surface area contributed by atoms with Gasteiger partial charge in [0.15, 0.2) is 5.69 Å². The predicted octanol–water partition coefficient (Wildman–Crippen LogP) is 2.49. The number of pyridine rings is 1. The van der Waals surface area contributed by atoms with E-state index in [0.717, 1.165) is 51.3 Å². The van der Waals surface area contributed by atoms with E-state index in [-0.39, 0.29) is 11.6 Å². The fourth-order valence-electron chi connectivity index (χ4n) is 4.53. The maximum Gasteiger partial charge on any atom is 0.225 e. The van der Waals surface area contributed by atoms with E-state index in [2.05, 4.69) is 47.7 Å². The van der Waals surface area contributed by atoms with E-state index in [9.17, 15) is 4.79 Å². The lowest BCUT2D eigenvalue weighted by molar-refractivity contribution is -0.116. The number of amides is 1. The number of nitrogens with one attached hydrogen (secondary N) is 3. The summed E-state index contributed by atoms with van der Waals surface area (Å²) in [4.78, 5) is 30.2. The number of piperidine rings is 2. The molecule has 2 saturated heterocycles. The summed E-state index contributed by atoms with van der Waals surface area (Å²) in [6.07, 6.45) is 10.9. The van der Waals surface area contributed by atoms with Crippen LogP contribution in [0.25, 0.3) is 0 Å². The SMILES string of the molecule is CN(c1cc(Nc2cnc(C#N)cn2)ncc1NC(=O)CCN1CCCCC1)C1CCNCC1. The molecule has 0 saturated carbocycles. The van der Waals surface area contributed by atoms with Crippen molar-refractivity contribution in [3.05, 3.63) is 30.4 Å². The molecular weight excluding hydrogens is 430 g/mol. The number of hydrogen-bond donors (Lipinski definition) is 3. The van der Waals surface area contributed by atoms with E-state index in [1.165, 1.54) is 31.7 Å². The van der Waals surface area contributed by atoms with Gasteiger partial charge >= 0.3 is 0 Å². The van der Waals surface area contributed by atoms with Gasteiger partial charge < -0.3 is 25.8 Å². The molecular formula is C24H33N9O. The van der Waals surface area contributed by atoms with Crippen LogP contribution >= 0.6 is 0 Å². The molecule has 10 heteroatoms. The summed E-state index contributed by atoms with van der Waals surface area (Å²) in [6, 6.07) is 4.27. The van der Waals surface area contributed by atoms with Crippen molar-refractivity contribution in [1.29, 1.82) is 5.26 Å². The van der Waals surface area contributed by atoms with Crippen molar-refractivity contribution in [3.8, 4) is 6.07 Å². The molecule has 0 unspecified atom stereocenters. The zero-order valence-corrected chi connectivity index (χ0v) is 19.8. The van der Waals surface area contributed by atoms with E-state index in [1.54, 1.807) is 6.20 Å². The van der Waals surface area contributed by atoms with Gasteiger partial charge in [0.1, 0.15) is 17.7 Å². The van der Waals surface area contributed by atoms with Crippen molar-refractivity contribution in [2.24, 2.45) is 0 Å². The number of carbonyl (C=O) groups excluding carboxylic acids is 1. The highest BCUT2D eigenvalue weighted by atomic mass is 16.1. The van der Waals surface area contributed by atoms with Crippen LogP contribution in [0.1, 0.15) is 44.2 Å². The van der Waals surface area contributed by atoms with Crippen molar-refractivity contribution in [2.75, 3.05) is 55.3 Å². The van der Waals surface area contributed by atoms with E-state index in [0.29, 0.717) is 29.8 Å². The van der Waals surface area contributed by atoms with Crippen LogP contribution in [0.3, 0.4) is 0 Å².